The minimum atomic E-state index is -4.24. The number of halogens is 2. The summed E-state index contributed by atoms with van der Waals surface area (Å²) in [6.45, 7) is 4.38. The Morgan fingerprint density at radius 2 is 1.50 bits per heavy atom. The third-order valence-corrected chi connectivity index (χ3v) is 8.78. The predicted molar refractivity (Wildman–Crippen MR) is 102 cm³/mol. The number of hydrogen-bond acceptors (Lipinski definition) is 4. The average Bonchev–Trinajstić information content (AvgIpc) is 2.93. The highest BCUT2D eigenvalue weighted by Crippen LogP contribution is 2.43. The molecule has 0 radical (unpaired) electrons. The second kappa shape index (κ2) is 7.54. The van der Waals surface area contributed by atoms with E-state index < -0.39 is 26.6 Å². The van der Waals surface area contributed by atoms with E-state index in [9.17, 15) is 17.2 Å². The van der Waals surface area contributed by atoms with Crippen molar-refractivity contribution in [3.05, 3.63) is 23.8 Å². The summed E-state index contributed by atoms with van der Waals surface area (Å²) in [5.41, 5.74) is 0. The monoisotopic (exact) mass is 414 g/mol. The summed E-state index contributed by atoms with van der Waals surface area (Å²) >= 11 is 0. The molecule has 1 aromatic carbocycles. The van der Waals surface area contributed by atoms with Gasteiger partial charge in [0, 0.05) is 30.3 Å². The quantitative estimate of drug-likeness (QED) is 0.758. The third kappa shape index (κ3) is 3.44. The Morgan fingerprint density at radius 3 is 2.00 bits per heavy atom. The fourth-order valence-electron chi connectivity index (χ4n) is 5.20. The summed E-state index contributed by atoms with van der Waals surface area (Å²) in [7, 11) is -2.95. The molecule has 3 heterocycles. The van der Waals surface area contributed by atoms with Gasteiger partial charge in [-0.15, -0.1) is 0 Å². The number of sulfonamides is 1. The summed E-state index contributed by atoms with van der Waals surface area (Å²) in [5, 5.41) is 0. The highest BCUT2D eigenvalue weighted by atomic mass is 32.2. The van der Waals surface area contributed by atoms with E-state index in [1.807, 2.05) is 0 Å². The highest BCUT2D eigenvalue weighted by Gasteiger charge is 2.49. The Bertz CT molecular complexity index is 803. The lowest BCUT2D eigenvalue weighted by molar-refractivity contribution is 0.0758. The van der Waals surface area contributed by atoms with Crippen molar-refractivity contribution in [2.45, 2.75) is 68.5 Å². The molecule has 0 aliphatic carbocycles. The van der Waals surface area contributed by atoms with Crippen molar-refractivity contribution in [2.24, 2.45) is 5.92 Å². The highest BCUT2D eigenvalue weighted by molar-refractivity contribution is 7.89. The van der Waals surface area contributed by atoms with Gasteiger partial charge in [-0.1, -0.05) is 6.92 Å². The van der Waals surface area contributed by atoms with Crippen LogP contribution in [0, 0.1) is 17.6 Å². The Balaban J connectivity index is 1.58. The molecule has 28 heavy (non-hydrogen) atoms. The van der Waals surface area contributed by atoms with E-state index in [0.29, 0.717) is 6.04 Å². The maximum Gasteiger partial charge on any atom is 0.249 e. The number of benzene rings is 1. The molecule has 5 nitrogen and oxygen atoms in total. The third-order valence-electron chi connectivity index (χ3n) is 6.72. The summed E-state index contributed by atoms with van der Waals surface area (Å²) in [5.74, 6) is -1.48. The molecule has 2 bridgehead atoms. The zero-order valence-electron chi connectivity index (χ0n) is 16.4. The van der Waals surface area contributed by atoms with Crippen LogP contribution in [0.2, 0.25) is 0 Å². The molecule has 3 aliphatic heterocycles. The molecule has 8 heteroatoms. The molecule has 1 aromatic rings. The molecule has 0 spiro atoms. The lowest BCUT2D eigenvalue weighted by atomic mass is 9.93. The van der Waals surface area contributed by atoms with E-state index in [0.717, 1.165) is 56.8 Å². The summed E-state index contributed by atoms with van der Waals surface area (Å²) in [6.07, 6.45) is 5.34. The van der Waals surface area contributed by atoms with Crippen LogP contribution in [0.5, 0.6) is 5.75 Å². The summed E-state index contributed by atoms with van der Waals surface area (Å²) in [4.78, 5) is 1.64. The fraction of sp³-hybridized carbons (Fsp3) is 0.700. The number of ether oxygens (including phenoxy) is 1. The van der Waals surface area contributed by atoms with Crippen molar-refractivity contribution >= 4 is 10.0 Å². The van der Waals surface area contributed by atoms with E-state index in [-0.39, 0.29) is 17.8 Å². The first-order valence-corrected chi connectivity index (χ1v) is 11.6. The first-order chi connectivity index (χ1) is 13.3. The van der Waals surface area contributed by atoms with Crippen molar-refractivity contribution in [1.29, 1.82) is 0 Å². The minimum absolute atomic E-state index is 0.0324. The van der Waals surface area contributed by atoms with Gasteiger partial charge in [-0.25, -0.2) is 17.2 Å². The van der Waals surface area contributed by atoms with Crippen LogP contribution in [0.25, 0.3) is 0 Å². The number of methoxy groups -OCH3 is 1. The number of piperidine rings is 2. The van der Waals surface area contributed by atoms with Gasteiger partial charge in [0.25, 0.3) is 0 Å². The Morgan fingerprint density at radius 1 is 0.964 bits per heavy atom. The second-order valence-electron chi connectivity index (χ2n) is 8.48. The molecule has 2 unspecified atom stereocenters. The van der Waals surface area contributed by atoms with E-state index in [4.69, 9.17) is 4.74 Å². The van der Waals surface area contributed by atoms with Gasteiger partial charge in [0.15, 0.2) is 4.90 Å². The Kier molecular flexibility index (Phi) is 5.39. The van der Waals surface area contributed by atoms with Gasteiger partial charge in [0.2, 0.25) is 10.0 Å². The van der Waals surface area contributed by atoms with Crippen molar-refractivity contribution in [3.8, 4) is 5.75 Å². The maximum absolute atomic E-state index is 14.5. The predicted octanol–water partition coefficient (Wildman–Crippen LogP) is 3.39. The van der Waals surface area contributed by atoms with E-state index >= 15 is 0 Å². The minimum Gasteiger partial charge on any atom is -0.497 e. The van der Waals surface area contributed by atoms with Gasteiger partial charge >= 0.3 is 0 Å². The van der Waals surface area contributed by atoms with Crippen molar-refractivity contribution in [3.63, 3.8) is 0 Å². The van der Waals surface area contributed by atoms with Crippen LogP contribution < -0.4 is 4.74 Å². The Labute approximate surface area is 165 Å². The molecule has 4 rings (SSSR count). The van der Waals surface area contributed by atoms with Crippen LogP contribution in [0.4, 0.5) is 8.78 Å². The van der Waals surface area contributed by atoms with Gasteiger partial charge in [0.1, 0.15) is 17.4 Å². The van der Waals surface area contributed by atoms with Gasteiger partial charge in [0.05, 0.1) is 7.11 Å². The van der Waals surface area contributed by atoms with Gasteiger partial charge in [-0.3, -0.25) is 0 Å². The molecule has 0 N–H and O–H groups in total. The molecule has 0 saturated carbocycles. The van der Waals surface area contributed by atoms with E-state index in [1.165, 1.54) is 24.3 Å². The molecular formula is C20H28F2N2O3S. The van der Waals surface area contributed by atoms with Crippen LogP contribution in [-0.4, -0.2) is 55.9 Å². The van der Waals surface area contributed by atoms with Gasteiger partial charge in [-0.05, 0) is 57.5 Å². The average molecular weight is 415 g/mol. The van der Waals surface area contributed by atoms with Gasteiger partial charge < -0.3 is 9.64 Å². The van der Waals surface area contributed by atoms with Gasteiger partial charge in [-0.2, -0.15) is 4.31 Å². The standard InChI is InChI=1S/C20H28F2N2O3S/c1-13-5-7-23(8-6-13)16-9-14-3-4-15(10-16)24(14)28(25,26)20-18(21)11-17(27-2)12-19(20)22/h11-16H,3-10H2,1-2H3. The zero-order chi connectivity index (χ0) is 20.1. The number of rotatable bonds is 4. The lowest BCUT2D eigenvalue weighted by Gasteiger charge is -2.44. The first-order valence-electron chi connectivity index (χ1n) is 10.1. The molecular weight excluding hydrogens is 386 g/mol. The summed E-state index contributed by atoms with van der Waals surface area (Å²) in [6, 6.07) is 1.85. The molecule has 2 atom stereocenters. The first kappa shape index (κ1) is 20.0. The maximum atomic E-state index is 14.5. The van der Waals surface area contributed by atoms with Crippen LogP contribution in [0.1, 0.15) is 45.4 Å². The van der Waals surface area contributed by atoms with Crippen LogP contribution >= 0.6 is 0 Å². The van der Waals surface area contributed by atoms with Crippen LogP contribution in [0.15, 0.2) is 17.0 Å². The van der Waals surface area contributed by atoms with E-state index in [1.54, 1.807) is 0 Å². The molecule has 3 fully saturated rings. The molecule has 0 amide bonds. The van der Waals surface area contributed by atoms with Crippen LogP contribution in [-0.2, 0) is 10.0 Å². The van der Waals surface area contributed by atoms with Crippen molar-refractivity contribution in [2.75, 3.05) is 20.2 Å². The lowest BCUT2D eigenvalue weighted by Crippen LogP contribution is -2.53. The number of likely N-dealkylation sites (tertiary alicyclic amines) is 1. The Hall–Kier alpha value is -1.25. The fourth-order valence-corrected chi connectivity index (χ4v) is 7.19. The normalized spacial score (nSPS) is 29.9. The topological polar surface area (TPSA) is 49.9 Å². The second-order valence-corrected chi connectivity index (χ2v) is 10.3. The molecule has 3 aliphatic rings. The van der Waals surface area contributed by atoms with Crippen molar-refractivity contribution < 1.29 is 21.9 Å². The van der Waals surface area contributed by atoms with E-state index in [2.05, 4.69) is 11.8 Å². The van der Waals surface area contributed by atoms with Crippen molar-refractivity contribution in [1.82, 2.24) is 9.21 Å². The smallest absolute Gasteiger partial charge is 0.249 e. The molecule has 3 saturated heterocycles. The number of nitrogens with zero attached hydrogens (tertiary/aromatic N) is 2. The number of hydrogen-bond donors (Lipinski definition) is 0. The summed E-state index contributed by atoms with van der Waals surface area (Å²) < 4.78 is 61.6. The number of fused-ring (bicyclic) bond motifs is 2. The molecule has 0 aromatic heterocycles. The molecule has 156 valence electrons. The largest absolute Gasteiger partial charge is 0.497 e. The van der Waals surface area contributed by atoms with Crippen LogP contribution in [0.3, 0.4) is 0 Å². The zero-order valence-corrected chi connectivity index (χ0v) is 17.2. The SMILES string of the molecule is COc1cc(F)c(S(=O)(=O)N2C3CCC2CC(N2CCC(C)CC2)C3)c(F)c1.